The molecule has 32 heavy (non-hydrogen) atoms. The summed E-state index contributed by atoms with van der Waals surface area (Å²) in [5.41, 5.74) is 3.86. The van der Waals surface area contributed by atoms with Gasteiger partial charge < -0.3 is 10.1 Å². The highest BCUT2D eigenvalue weighted by Crippen LogP contribution is 2.30. The maximum atomic E-state index is 13.2. The number of piperidine rings is 1. The predicted molar refractivity (Wildman–Crippen MR) is 127 cm³/mol. The first kappa shape index (κ1) is 22.0. The number of likely N-dealkylation sites (tertiary alicyclic amines) is 1. The third-order valence-electron chi connectivity index (χ3n) is 6.24. The summed E-state index contributed by atoms with van der Waals surface area (Å²) in [5, 5.41) is 3.31. The molecule has 0 spiro atoms. The van der Waals surface area contributed by atoms with Gasteiger partial charge in [0.15, 0.2) is 0 Å². The van der Waals surface area contributed by atoms with Crippen LogP contribution >= 0.6 is 0 Å². The molecule has 4 rings (SSSR count). The Bertz CT molecular complexity index is 1040. The number of amides is 1. The highest BCUT2D eigenvalue weighted by molar-refractivity contribution is 5.95. The number of pyridine rings is 1. The van der Waals surface area contributed by atoms with Crippen molar-refractivity contribution in [1.82, 2.24) is 15.2 Å². The Kier molecular flexibility index (Phi) is 7.17. The van der Waals surface area contributed by atoms with Gasteiger partial charge in [0.25, 0.3) is 5.91 Å². The number of rotatable bonds is 7. The SMILES string of the molecule is COc1cccc(CN2CCC[C@@H]([C@H](NC(=O)c3ccccc3C)c3ccccn3)C2)c1. The average Bonchev–Trinajstić information content (AvgIpc) is 2.83. The molecule has 0 radical (unpaired) electrons. The zero-order valence-electron chi connectivity index (χ0n) is 18.8. The molecule has 2 aromatic carbocycles. The van der Waals surface area contributed by atoms with Crippen LogP contribution in [0.15, 0.2) is 72.9 Å². The lowest BCUT2D eigenvalue weighted by Crippen LogP contribution is -2.43. The largest absolute Gasteiger partial charge is 0.497 e. The van der Waals surface area contributed by atoms with E-state index in [9.17, 15) is 4.79 Å². The number of hydrogen-bond donors (Lipinski definition) is 1. The summed E-state index contributed by atoms with van der Waals surface area (Å²) in [4.78, 5) is 20.2. The van der Waals surface area contributed by atoms with E-state index >= 15 is 0 Å². The van der Waals surface area contributed by atoms with Gasteiger partial charge in [-0.2, -0.15) is 0 Å². The highest BCUT2D eigenvalue weighted by atomic mass is 16.5. The van der Waals surface area contributed by atoms with E-state index < -0.39 is 0 Å². The van der Waals surface area contributed by atoms with Gasteiger partial charge >= 0.3 is 0 Å². The fourth-order valence-electron chi connectivity index (χ4n) is 4.58. The van der Waals surface area contributed by atoms with Crippen LogP contribution in [0.2, 0.25) is 0 Å². The first-order valence-electron chi connectivity index (χ1n) is 11.3. The Balaban J connectivity index is 1.53. The molecule has 2 atom stereocenters. The summed E-state index contributed by atoms with van der Waals surface area (Å²) in [6.07, 6.45) is 3.96. The maximum absolute atomic E-state index is 13.2. The molecule has 3 aromatic rings. The second-order valence-corrected chi connectivity index (χ2v) is 8.51. The fraction of sp³-hybridized carbons (Fsp3) is 0.333. The number of aromatic nitrogens is 1. The summed E-state index contributed by atoms with van der Waals surface area (Å²) in [6, 6.07) is 21.8. The zero-order chi connectivity index (χ0) is 22.3. The number of carbonyl (C=O) groups excluding carboxylic acids is 1. The quantitative estimate of drug-likeness (QED) is 0.587. The molecule has 0 unspecified atom stereocenters. The van der Waals surface area contributed by atoms with Crippen LogP contribution in [0.4, 0.5) is 0 Å². The van der Waals surface area contributed by atoms with Gasteiger partial charge in [-0.25, -0.2) is 0 Å². The van der Waals surface area contributed by atoms with Crippen molar-refractivity contribution in [2.75, 3.05) is 20.2 Å². The summed E-state index contributed by atoms with van der Waals surface area (Å²) in [7, 11) is 1.70. The van der Waals surface area contributed by atoms with E-state index in [-0.39, 0.29) is 17.9 Å². The fourth-order valence-corrected chi connectivity index (χ4v) is 4.58. The van der Waals surface area contributed by atoms with E-state index in [4.69, 9.17) is 4.74 Å². The Labute approximate surface area is 190 Å². The molecular weight excluding hydrogens is 398 g/mol. The van der Waals surface area contributed by atoms with Crippen LogP contribution in [0.3, 0.4) is 0 Å². The average molecular weight is 430 g/mol. The third-order valence-corrected chi connectivity index (χ3v) is 6.24. The summed E-state index contributed by atoms with van der Waals surface area (Å²) in [6.45, 7) is 4.80. The lowest BCUT2D eigenvalue weighted by molar-refractivity contribution is 0.0874. The molecule has 166 valence electrons. The van der Waals surface area contributed by atoms with E-state index in [2.05, 4.69) is 27.3 Å². The number of ether oxygens (including phenoxy) is 1. The Morgan fingerprint density at radius 2 is 2.00 bits per heavy atom. The second-order valence-electron chi connectivity index (χ2n) is 8.51. The summed E-state index contributed by atoms with van der Waals surface area (Å²) >= 11 is 0. The summed E-state index contributed by atoms with van der Waals surface area (Å²) < 4.78 is 5.38. The van der Waals surface area contributed by atoms with Crippen LogP contribution in [-0.2, 0) is 6.54 Å². The lowest BCUT2D eigenvalue weighted by Gasteiger charge is -2.37. The van der Waals surface area contributed by atoms with Crippen molar-refractivity contribution in [1.29, 1.82) is 0 Å². The zero-order valence-corrected chi connectivity index (χ0v) is 18.8. The smallest absolute Gasteiger partial charge is 0.252 e. The van der Waals surface area contributed by atoms with Crippen LogP contribution in [0.1, 0.15) is 46.1 Å². The monoisotopic (exact) mass is 429 g/mol. The number of hydrogen-bond acceptors (Lipinski definition) is 4. The topological polar surface area (TPSA) is 54.5 Å². The minimum atomic E-state index is -0.128. The maximum Gasteiger partial charge on any atom is 0.252 e. The Morgan fingerprint density at radius 3 is 2.78 bits per heavy atom. The standard InChI is InChI=1S/C27H31N3O2/c1-20-9-3-4-13-24(20)27(31)29-26(25-14-5-6-15-28-25)22-11-8-16-30(19-22)18-21-10-7-12-23(17-21)32-2/h3-7,9-10,12-15,17,22,26H,8,11,16,18-19H2,1-2H3,(H,29,31)/t22-,26+/m1/s1. The summed E-state index contributed by atoms with van der Waals surface area (Å²) in [5.74, 6) is 1.13. The van der Waals surface area contributed by atoms with Gasteiger partial charge in [0.1, 0.15) is 5.75 Å². The second kappa shape index (κ2) is 10.4. The van der Waals surface area contributed by atoms with Gasteiger partial charge in [-0.15, -0.1) is 0 Å². The number of carbonyl (C=O) groups is 1. The molecule has 1 aliphatic rings. The van der Waals surface area contributed by atoms with Gasteiger partial charge in [0.2, 0.25) is 0 Å². The van der Waals surface area contributed by atoms with E-state index in [1.54, 1.807) is 13.3 Å². The number of methoxy groups -OCH3 is 1. The van der Waals surface area contributed by atoms with E-state index in [1.807, 2.05) is 61.5 Å². The molecule has 5 nitrogen and oxygen atoms in total. The normalized spacial score (nSPS) is 17.5. The van der Waals surface area contributed by atoms with Crippen molar-refractivity contribution >= 4 is 5.91 Å². The molecule has 1 saturated heterocycles. The first-order valence-corrected chi connectivity index (χ1v) is 11.3. The van der Waals surface area contributed by atoms with Gasteiger partial charge in [0, 0.05) is 24.8 Å². The van der Waals surface area contributed by atoms with Crippen molar-refractivity contribution in [3.63, 3.8) is 0 Å². The molecule has 5 heteroatoms. The van der Waals surface area contributed by atoms with Crippen LogP contribution in [-0.4, -0.2) is 36.0 Å². The molecule has 1 amide bonds. The lowest BCUT2D eigenvalue weighted by atomic mass is 9.88. The molecule has 0 aliphatic carbocycles. The van der Waals surface area contributed by atoms with Gasteiger partial charge in [0.05, 0.1) is 18.8 Å². The van der Waals surface area contributed by atoms with Gasteiger partial charge in [-0.3, -0.25) is 14.7 Å². The molecule has 2 heterocycles. The molecular formula is C27H31N3O2. The number of nitrogens with zero attached hydrogens (tertiary/aromatic N) is 2. The van der Waals surface area contributed by atoms with E-state index in [0.29, 0.717) is 0 Å². The van der Waals surface area contributed by atoms with E-state index in [0.717, 1.165) is 55.0 Å². The molecule has 1 aliphatic heterocycles. The first-order chi connectivity index (χ1) is 15.6. The minimum absolute atomic E-state index is 0.0383. The van der Waals surface area contributed by atoms with Crippen molar-refractivity contribution in [2.45, 2.75) is 32.4 Å². The van der Waals surface area contributed by atoms with E-state index in [1.165, 1.54) is 5.56 Å². The number of benzene rings is 2. The van der Waals surface area contributed by atoms with Crippen molar-refractivity contribution in [3.05, 3.63) is 95.3 Å². The molecule has 0 saturated carbocycles. The van der Waals surface area contributed by atoms with Crippen molar-refractivity contribution in [3.8, 4) is 5.75 Å². The van der Waals surface area contributed by atoms with Crippen LogP contribution in [0.25, 0.3) is 0 Å². The molecule has 1 aromatic heterocycles. The van der Waals surface area contributed by atoms with Gasteiger partial charge in [-0.05, 0) is 73.7 Å². The predicted octanol–water partition coefficient (Wildman–Crippen LogP) is 4.78. The van der Waals surface area contributed by atoms with Crippen molar-refractivity contribution < 1.29 is 9.53 Å². The minimum Gasteiger partial charge on any atom is -0.497 e. The molecule has 1 fully saturated rings. The van der Waals surface area contributed by atoms with Crippen LogP contribution in [0.5, 0.6) is 5.75 Å². The molecule has 1 N–H and O–H groups in total. The highest BCUT2D eigenvalue weighted by Gasteiger charge is 2.31. The van der Waals surface area contributed by atoms with Crippen LogP contribution in [0, 0.1) is 12.8 Å². The molecule has 0 bridgehead atoms. The Hall–Kier alpha value is -3.18. The third kappa shape index (κ3) is 5.35. The van der Waals surface area contributed by atoms with Gasteiger partial charge in [-0.1, -0.05) is 36.4 Å². The van der Waals surface area contributed by atoms with Crippen LogP contribution < -0.4 is 10.1 Å². The van der Waals surface area contributed by atoms with Crippen molar-refractivity contribution in [2.24, 2.45) is 5.92 Å². The Morgan fingerprint density at radius 1 is 1.16 bits per heavy atom. The number of nitrogens with one attached hydrogen (secondary N) is 1. The number of aryl methyl sites for hydroxylation is 1.